The monoisotopic (exact) mass is 298 g/mol. The summed E-state index contributed by atoms with van der Waals surface area (Å²) in [5.41, 5.74) is 0.765. The third-order valence-corrected chi connectivity index (χ3v) is 2.42. The fourth-order valence-electron chi connectivity index (χ4n) is 1.65. The van der Waals surface area contributed by atoms with Crippen molar-refractivity contribution < 1.29 is 18.0 Å². The first-order valence-corrected chi connectivity index (χ1v) is 6.23. The number of hydrogen-bond acceptors (Lipinski definition) is 3. The van der Waals surface area contributed by atoms with Gasteiger partial charge in [-0.15, -0.1) is 0 Å². The van der Waals surface area contributed by atoms with E-state index in [-0.39, 0.29) is 12.3 Å². The number of hydrogen-bond donors (Lipinski definition) is 2. The highest BCUT2D eigenvalue weighted by Gasteiger charge is 2.30. The molecule has 114 valence electrons. The van der Waals surface area contributed by atoms with Crippen molar-refractivity contribution in [3.05, 3.63) is 53.9 Å². The molecular formula is C15H17F3N2O. The maximum absolute atomic E-state index is 12.6. The van der Waals surface area contributed by atoms with Crippen LogP contribution in [0.5, 0.6) is 0 Å². The Morgan fingerprint density at radius 3 is 2.52 bits per heavy atom. The van der Waals surface area contributed by atoms with Crippen LogP contribution in [0.4, 0.5) is 18.9 Å². The van der Waals surface area contributed by atoms with Gasteiger partial charge in [0.2, 0.25) is 0 Å². The first-order valence-electron chi connectivity index (χ1n) is 6.23. The van der Waals surface area contributed by atoms with Crippen molar-refractivity contribution >= 4 is 11.5 Å². The van der Waals surface area contributed by atoms with Crippen LogP contribution in [-0.2, 0) is 11.0 Å². The molecule has 0 radical (unpaired) electrons. The van der Waals surface area contributed by atoms with Crippen molar-refractivity contribution in [2.45, 2.75) is 20.0 Å². The van der Waals surface area contributed by atoms with Gasteiger partial charge in [-0.25, -0.2) is 0 Å². The molecule has 3 nitrogen and oxygen atoms in total. The van der Waals surface area contributed by atoms with Crippen molar-refractivity contribution in [3.63, 3.8) is 0 Å². The maximum Gasteiger partial charge on any atom is 0.416 e. The Kier molecular flexibility index (Phi) is 5.58. The Bertz CT molecular complexity index is 562. The van der Waals surface area contributed by atoms with E-state index in [1.165, 1.54) is 25.1 Å². The number of ketones is 1. The molecule has 0 atom stereocenters. The van der Waals surface area contributed by atoms with E-state index in [0.717, 1.165) is 12.1 Å². The lowest BCUT2D eigenvalue weighted by Crippen LogP contribution is -2.19. The normalized spacial score (nSPS) is 12.0. The summed E-state index contributed by atoms with van der Waals surface area (Å²) in [4.78, 5) is 11.1. The molecule has 0 saturated heterocycles. The van der Waals surface area contributed by atoms with Gasteiger partial charge >= 0.3 is 6.18 Å². The molecule has 0 aliphatic heterocycles. The Hall–Kier alpha value is -2.24. The zero-order valence-electron chi connectivity index (χ0n) is 11.8. The van der Waals surface area contributed by atoms with E-state index in [0.29, 0.717) is 17.1 Å². The van der Waals surface area contributed by atoms with Gasteiger partial charge in [0.1, 0.15) is 0 Å². The highest BCUT2D eigenvalue weighted by molar-refractivity contribution is 5.88. The van der Waals surface area contributed by atoms with Crippen LogP contribution in [0.1, 0.15) is 19.4 Å². The van der Waals surface area contributed by atoms with Crippen molar-refractivity contribution in [1.82, 2.24) is 5.32 Å². The number of carbonyl (C=O) groups is 1. The fraction of sp³-hybridized carbons (Fsp3) is 0.267. The minimum atomic E-state index is -4.38. The number of allylic oxidation sites excluding steroid dienone is 2. The van der Waals surface area contributed by atoms with Crippen LogP contribution in [0.25, 0.3) is 0 Å². The lowest BCUT2D eigenvalue weighted by Gasteiger charge is -2.14. The lowest BCUT2D eigenvalue weighted by atomic mass is 10.2. The number of alkyl halides is 3. The molecule has 6 heteroatoms. The number of anilines is 1. The van der Waals surface area contributed by atoms with E-state index in [2.05, 4.69) is 17.2 Å². The second-order valence-electron chi connectivity index (χ2n) is 4.62. The number of rotatable bonds is 6. The molecular weight excluding hydrogens is 281 g/mol. The highest BCUT2D eigenvalue weighted by Crippen LogP contribution is 2.30. The van der Waals surface area contributed by atoms with E-state index in [1.807, 2.05) is 0 Å². The summed E-state index contributed by atoms with van der Waals surface area (Å²) >= 11 is 0. The zero-order valence-corrected chi connectivity index (χ0v) is 11.8. The van der Waals surface area contributed by atoms with Gasteiger partial charge in [-0.05, 0) is 32.0 Å². The SMILES string of the molecule is C=C(C)N/C(=C\C(C)=O)CNc1cccc(C(F)(F)F)c1. The zero-order chi connectivity index (χ0) is 16.0. The summed E-state index contributed by atoms with van der Waals surface area (Å²) in [6.07, 6.45) is -3.01. The highest BCUT2D eigenvalue weighted by atomic mass is 19.4. The topological polar surface area (TPSA) is 41.1 Å². The van der Waals surface area contributed by atoms with Gasteiger partial charge < -0.3 is 10.6 Å². The predicted molar refractivity (Wildman–Crippen MR) is 76.6 cm³/mol. The van der Waals surface area contributed by atoms with Crippen LogP contribution in [-0.4, -0.2) is 12.3 Å². The van der Waals surface area contributed by atoms with Crippen LogP contribution in [0, 0.1) is 0 Å². The summed E-state index contributed by atoms with van der Waals surface area (Å²) in [5, 5.41) is 5.73. The van der Waals surface area contributed by atoms with Gasteiger partial charge in [0.05, 0.1) is 12.1 Å². The van der Waals surface area contributed by atoms with Gasteiger partial charge in [0, 0.05) is 23.2 Å². The number of halogens is 3. The molecule has 1 aromatic carbocycles. The van der Waals surface area contributed by atoms with E-state index < -0.39 is 11.7 Å². The Balaban J connectivity index is 2.81. The van der Waals surface area contributed by atoms with Gasteiger partial charge in [-0.1, -0.05) is 12.6 Å². The molecule has 0 amide bonds. The standard InChI is InChI=1S/C15H17F3N2O/c1-10(2)20-14(7-11(3)21)9-19-13-6-4-5-12(8-13)15(16,17)18/h4-8,19-20H,1,9H2,2-3H3/b14-7-. The summed E-state index contributed by atoms with van der Waals surface area (Å²) in [6, 6.07) is 4.88. The molecule has 2 N–H and O–H groups in total. The van der Waals surface area contributed by atoms with Crippen molar-refractivity contribution in [2.24, 2.45) is 0 Å². The van der Waals surface area contributed by atoms with Crippen LogP contribution in [0.2, 0.25) is 0 Å². The first-order chi connectivity index (χ1) is 9.68. The molecule has 21 heavy (non-hydrogen) atoms. The van der Waals surface area contributed by atoms with E-state index in [9.17, 15) is 18.0 Å². The Labute approximate surface area is 121 Å². The predicted octanol–water partition coefficient (Wildman–Crippen LogP) is 3.71. The van der Waals surface area contributed by atoms with E-state index in [4.69, 9.17) is 0 Å². The quantitative estimate of drug-likeness (QED) is 0.787. The molecule has 0 aliphatic carbocycles. The number of benzene rings is 1. The van der Waals surface area contributed by atoms with Crippen molar-refractivity contribution in [3.8, 4) is 0 Å². The van der Waals surface area contributed by atoms with Crippen LogP contribution >= 0.6 is 0 Å². The van der Waals surface area contributed by atoms with E-state index >= 15 is 0 Å². The summed E-state index contributed by atoms with van der Waals surface area (Å²) in [5.74, 6) is -0.162. The smallest absolute Gasteiger partial charge is 0.379 e. The molecule has 1 aromatic rings. The number of carbonyl (C=O) groups excluding carboxylic acids is 1. The van der Waals surface area contributed by atoms with Crippen LogP contribution in [0.3, 0.4) is 0 Å². The molecule has 1 rings (SSSR count). The van der Waals surface area contributed by atoms with Crippen molar-refractivity contribution in [2.75, 3.05) is 11.9 Å². The summed E-state index contributed by atoms with van der Waals surface area (Å²) < 4.78 is 37.8. The average Bonchev–Trinajstić information content (AvgIpc) is 2.34. The molecule has 0 heterocycles. The molecule has 0 aromatic heterocycles. The van der Waals surface area contributed by atoms with Gasteiger partial charge in [-0.3, -0.25) is 4.79 Å². The fourth-order valence-corrected chi connectivity index (χ4v) is 1.65. The molecule has 0 spiro atoms. The third-order valence-electron chi connectivity index (χ3n) is 2.42. The summed E-state index contributed by atoms with van der Waals surface area (Å²) in [6.45, 7) is 6.97. The van der Waals surface area contributed by atoms with E-state index in [1.54, 1.807) is 6.92 Å². The van der Waals surface area contributed by atoms with Gasteiger partial charge in [-0.2, -0.15) is 13.2 Å². The molecule has 0 bridgehead atoms. The van der Waals surface area contributed by atoms with Gasteiger partial charge in [0.25, 0.3) is 0 Å². The molecule has 0 saturated carbocycles. The second-order valence-corrected chi connectivity index (χ2v) is 4.62. The first kappa shape index (κ1) is 16.8. The van der Waals surface area contributed by atoms with Gasteiger partial charge in [0.15, 0.2) is 5.78 Å². The average molecular weight is 298 g/mol. The molecule has 0 fully saturated rings. The maximum atomic E-state index is 12.6. The Morgan fingerprint density at radius 1 is 1.33 bits per heavy atom. The van der Waals surface area contributed by atoms with Crippen LogP contribution in [0.15, 0.2) is 48.3 Å². The van der Waals surface area contributed by atoms with Crippen LogP contribution < -0.4 is 10.6 Å². The third kappa shape index (κ3) is 6.16. The van der Waals surface area contributed by atoms with Crippen molar-refractivity contribution in [1.29, 1.82) is 0 Å². The Morgan fingerprint density at radius 2 is 2.00 bits per heavy atom. The molecule has 0 unspecified atom stereocenters. The minimum absolute atomic E-state index is 0.162. The number of nitrogens with one attached hydrogen (secondary N) is 2. The minimum Gasteiger partial charge on any atom is -0.379 e. The molecule has 0 aliphatic rings. The largest absolute Gasteiger partial charge is 0.416 e. The summed E-state index contributed by atoms with van der Waals surface area (Å²) in [7, 11) is 0. The second kappa shape index (κ2) is 6.97. The lowest BCUT2D eigenvalue weighted by molar-refractivity contribution is -0.137.